The molecule has 0 saturated carbocycles. The van der Waals surface area contributed by atoms with Crippen LogP contribution in [0.5, 0.6) is 0 Å². The zero-order valence-electron chi connectivity index (χ0n) is 16.9. The number of aliphatic imine (C=N–C) groups is 1. The van der Waals surface area contributed by atoms with Crippen LogP contribution in [0.4, 0.5) is 23.3 Å². The highest BCUT2D eigenvalue weighted by molar-refractivity contribution is 9.09. The van der Waals surface area contributed by atoms with E-state index in [0.29, 0.717) is 41.6 Å². The topological polar surface area (TPSA) is 113 Å². The van der Waals surface area contributed by atoms with Gasteiger partial charge in [-0.25, -0.2) is 0 Å². The number of aromatic nitrogens is 3. The number of pyridine rings is 1. The van der Waals surface area contributed by atoms with Crippen LogP contribution in [-0.4, -0.2) is 45.4 Å². The van der Waals surface area contributed by atoms with Crippen molar-refractivity contribution in [3.8, 4) is 0 Å². The van der Waals surface area contributed by atoms with Gasteiger partial charge < -0.3 is 21.1 Å². The van der Waals surface area contributed by atoms with Crippen molar-refractivity contribution in [2.45, 2.75) is 13.5 Å². The molecule has 0 amide bonds. The Hall–Kier alpha value is -3.04. The SMILES string of the molecule is C=Nc1c(N)nc(NCc2ccncc2)nc1N(CBr)CC(/C=C\C(=C)CO)=C/C. The molecule has 158 valence electrons. The number of hydrogen-bond acceptors (Lipinski definition) is 8. The van der Waals surface area contributed by atoms with Crippen molar-refractivity contribution in [3.05, 3.63) is 66.0 Å². The Balaban J connectivity index is 2.29. The van der Waals surface area contributed by atoms with Gasteiger partial charge >= 0.3 is 0 Å². The van der Waals surface area contributed by atoms with E-state index in [1.54, 1.807) is 18.5 Å². The van der Waals surface area contributed by atoms with Crippen molar-refractivity contribution in [1.29, 1.82) is 0 Å². The molecule has 8 nitrogen and oxygen atoms in total. The van der Waals surface area contributed by atoms with Gasteiger partial charge in [0.15, 0.2) is 11.6 Å². The minimum Gasteiger partial charge on any atom is -0.392 e. The van der Waals surface area contributed by atoms with E-state index in [1.165, 1.54) is 0 Å². The summed E-state index contributed by atoms with van der Waals surface area (Å²) in [4.78, 5) is 18.9. The van der Waals surface area contributed by atoms with Crippen molar-refractivity contribution >= 4 is 45.9 Å². The van der Waals surface area contributed by atoms with Crippen molar-refractivity contribution in [3.63, 3.8) is 0 Å². The second kappa shape index (κ2) is 11.8. The molecular weight excluding hydrogens is 446 g/mol. The molecule has 2 rings (SSSR count). The summed E-state index contributed by atoms with van der Waals surface area (Å²) in [5, 5.41) is 12.3. The maximum atomic E-state index is 9.14. The molecule has 2 heterocycles. The molecule has 0 aliphatic carbocycles. The van der Waals surface area contributed by atoms with Crippen LogP contribution < -0.4 is 16.0 Å². The number of nitrogen functional groups attached to an aromatic ring is 1. The van der Waals surface area contributed by atoms with Gasteiger partial charge in [0, 0.05) is 25.5 Å². The van der Waals surface area contributed by atoms with E-state index in [1.807, 2.05) is 36.1 Å². The standard InChI is InChI=1S/C21H26BrN7O/c1-4-16(6-5-15(2)13-30)12-29(14-22)20-18(24-3)19(23)27-21(28-20)26-11-17-7-9-25-10-8-17/h4-10,30H,2-3,11-14H2,1H3,(H3,23,26,27,28)/b6-5-,16-4+. The van der Waals surface area contributed by atoms with Gasteiger partial charge in [-0.1, -0.05) is 40.7 Å². The largest absolute Gasteiger partial charge is 0.392 e. The molecule has 9 heteroatoms. The van der Waals surface area contributed by atoms with Gasteiger partial charge in [0.1, 0.15) is 5.69 Å². The van der Waals surface area contributed by atoms with Crippen molar-refractivity contribution < 1.29 is 5.11 Å². The summed E-state index contributed by atoms with van der Waals surface area (Å²) in [5.41, 5.74) is 9.71. The lowest BCUT2D eigenvalue weighted by molar-refractivity contribution is 0.335. The molecule has 0 atom stereocenters. The van der Waals surface area contributed by atoms with Gasteiger partial charge in [0.2, 0.25) is 5.95 Å². The molecule has 0 radical (unpaired) electrons. The molecule has 30 heavy (non-hydrogen) atoms. The summed E-state index contributed by atoms with van der Waals surface area (Å²) in [6, 6.07) is 3.82. The molecule has 0 bridgehead atoms. The van der Waals surface area contributed by atoms with Crippen LogP contribution in [0.2, 0.25) is 0 Å². The molecule has 0 aliphatic rings. The average molecular weight is 472 g/mol. The Bertz CT molecular complexity index is 928. The maximum absolute atomic E-state index is 9.14. The third kappa shape index (κ3) is 6.50. The minimum absolute atomic E-state index is 0.0882. The highest BCUT2D eigenvalue weighted by Gasteiger charge is 2.18. The smallest absolute Gasteiger partial charge is 0.227 e. The number of nitrogens with one attached hydrogen (secondary N) is 1. The van der Waals surface area contributed by atoms with Gasteiger partial charge in [-0.15, -0.1) is 0 Å². The predicted octanol–water partition coefficient (Wildman–Crippen LogP) is 3.61. The molecule has 2 aromatic rings. The molecule has 0 aliphatic heterocycles. The fourth-order valence-corrected chi connectivity index (χ4v) is 2.92. The second-order valence-corrected chi connectivity index (χ2v) is 6.80. The zero-order chi connectivity index (χ0) is 21.9. The first-order chi connectivity index (χ1) is 14.5. The number of aliphatic hydroxyl groups excluding tert-OH is 1. The number of anilines is 3. The fourth-order valence-electron chi connectivity index (χ4n) is 2.50. The van der Waals surface area contributed by atoms with Crippen LogP contribution >= 0.6 is 15.9 Å². The third-order valence-corrected chi connectivity index (χ3v) is 4.78. The summed E-state index contributed by atoms with van der Waals surface area (Å²) in [6.07, 6.45) is 9.12. The minimum atomic E-state index is -0.0882. The van der Waals surface area contributed by atoms with Crippen LogP contribution in [0.15, 0.2) is 65.5 Å². The van der Waals surface area contributed by atoms with Gasteiger partial charge in [0.05, 0.1) is 12.1 Å². The predicted molar refractivity (Wildman–Crippen MR) is 127 cm³/mol. The number of hydrogen-bond donors (Lipinski definition) is 3. The number of rotatable bonds is 11. The van der Waals surface area contributed by atoms with Crippen LogP contribution in [0.1, 0.15) is 12.5 Å². The van der Waals surface area contributed by atoms with Gasteiger partial charge in [-0.3, -0.25) is 9.98 Å². The van der Waals surface area contributed by atoms with Crippen LogP contribution in [-0.2, 0) is 6.54 Å². The van der Waals surface area contributed by atoms with Crippen molar-refractivity contribution in [2.24, 2.45) is 4.99 Å². The molecule has 0 unspecified atom stereocenters. The van der Waals surface area contributed by atoms with Gasteiger partial charge in [-0.05, 0) is 42.5 Å². The number of nitrogens with zero attached hydrogens (tertiary/aromatic N) is 5. The first kappa shape index (κ1) is 23.2. The Morgan fingerprint density at radius 1 is 1.33 bits per heavy atom. The Kier molecular flexibility index (Phi) is 9.17. The lowest BCUT2D eigenvalue weighted by Gasteiger charge is -2.24. The Morgan fingerprint density at radius 2 is 2.07 bits per heavy atom. The molecule has 0 saturated heterocycles. The summed E-state index contributed by atoms with van der Waals surface area (Å²) in [5.74, 6) is 1.19. The summed E-state index contributed by atoms with van der Waals surface area (Å²) >= 11 is 3.52. The molecule has 0 aromatic carbocycles. The summed E-state index contributed by atoms with van der Waals surface area (Å²) in [6.45, 7) is 10.3. The lowest BCUT2D eigenvalue weighted by atomic mass is 10.2. The van der Waals surface area contributed by atoms with E-state index < -0.39 is 0 Å². The monoisotopic (exact) mass is 471 g/mol. The number of alkyl halides is 1. The lowest BCUT2D eigenvalue weighted by Crippen LogP contribution is -2.25. The maximum Gasteiger partial charge on any atom is 0.227 e. The zero-order valence-corrected chi connectivity index (χ0v) is 18.5. The summed E-state index contributed by atoms with van der Waals surface area (Å²) in [7, 11) is 0. The fraction of sp³-hybridized carbons (Fsp3) is 0.238. The molecule has 0 fully saturated rings. The molecule has 4 N–H and O–H groups in total. The third-order valence-electron chi connectivity index (χ3n) is 4.17. The highest BCUT2D eigenvalue weighted by atomic mass is 79.9. The number of aliphatic hydroxyl groups is 1. The van der Waals surface area contributed by atoms with E-state index >= 15 is 0 Å². The quantitative estimate of drug-likeness (QED) is 0.198. The van der Waals surface area contributed by atoms with E-state index in [4.69, 9.17) is 10.8 Å². The normalized spacial score (nSPS) is 11.5. The van der Waals surface area contributed by atoms with Gasteiger partial charge in [0.25, 0.3) is 0 Å². The molecule has 0 spiro atoms. The number of allylic oxidation sites excluding steroid dienone is 1. The van der Waals surface area contributed by atoms with E-state index in [-0.39, 0.29) is 12.4 Å². The number of halogens is 1. The van der Waals surface area contributed by atoms with Crippen LogP contribution in [0.3, 0.4) is 0 Å². The van der Waals surface area contributed by atoms with Crippen LogP contribution in [0.25, 0.3) is 0 Å². The first-order valence-corrected chi connectivity index (χ1v) is 10.3. The molecular formula is C21H26BrN7O. The Labute approximate surface area is 185 Å². The van der Waals surface area contributed by atoms with E-state index in [2.05, 4.69) is 54.5 Å². The average Bonchev–Trinajstić information content (AvgIpc) is 2.78. The van der Waals surface area contributed by atoms with Gasteiger partial charge in [-0.2, -0.15) is 9.97 Å². The van der Waals surface area contributed by atoms with Crippen LogP contribution in [0, 0.1) is 0 Å². The Morgan fingerprint density at radius 3 is 2.67 bits per heavy atom. The van der Waals surface area contributed by atoms with Crippen molar-refractivity contribution in [2.75, 3.05) is 34.6 Å². The number of nitrogens with two attached hydrogens (primary N) is 1. The first-order valence-electron chi connectivity index (χ1n) is 9.22. The van der Waals surface area contributed by atoms with Crippen molar-refractivity contribution in [1.82, 2.24) is 15.0 Å². The highest BCUT2D eigenvalue weighted by Crippen LogP contribution is 2.33. The van der Waals surface area contributed by atoms with E-state index in [9.17, 15) is 0 Å². The molecule has 2 aromatic heterocycles. The second-order valence-electron chi connectivity index (χ2n) is 6.30. The van der Waals surface area contributed by atoms with E-state index in [0.717, 1.165) is 11.1 Å². The summed E-state index contributed by atoms with van der Waals surface area (Å²) < 4.78 is 0.